The molecule has 102 valence electrons. The summed E-state index contributed by atoms with van der Waals surface area (Å²) in [7, 11) is 0. The van der Waals surface area contributed by atoms with Crippen LogP contribution in [0.1, 0.15) is 21.5 Å². The zero-order valence-corrected chi connectivity index (χ0v) is 10.9. The number of phenolic OH excluding ortho intramolecular Hbond substituents is 2. The van der Waals surface area contributed by atoms with Crippen LogP contribution in [-0.4, -0.2) is 22.3 Å². The van der Waals surface area contributed by atoms with Crippen LogP contribution in [0, 0.1) is 6.92 Å². The highest BCUT2D eigenvalue weighted by atomic mass is 16.3. The molecule has 2 aromatic rings. The van der Waals surface area contributed by atoms with Crippen LogP contribution in [0.25, 0.3) is 0 Å². The second-order valence-electron chi connectivity index (χ2n) is 4.26. The number of hydrogen-bond donors (Lipinski definition) is 3. The van der Waals surface area contributed by atoms with Crippen molar-refractivity contribution >= 4 is 12.1 Å². The Morgan fingerprint density at radius 3 is 2.60 bits per heavy atom. The molecule has 0 aliphatic carbocycles. The van der Waals surface area contributed by atoms with Gasteiger partial charge in [0.1, 0.15) is 0 Å². The van der Waals surface area contributed by atoms with Gasteiger partial charge in [0, 0.05) is 5.56 Å². The number of hydrazone groups is 1. The molecule has 3 N–H and O–H groups in total. The van der Waals surface area contributed by atoms with Crippen molar-refractivity contribution in [2.45, 2.75) is 6.92 Å². The Labute approximate surface area is 116 Å². The number of aromatic hydroxyl groups is 2. The van der Waals surface area contributed by atoms with Crippen LogP contribution >= 0.6 is 0 Å². The third kappa shape index (κ3) is 3.14. The molecular weight excluding hydrogens is 256 g/mol. The SMILES string of the molecule is Cc1ccccc1C(=O)N/N=C\c1ccc(O)c(O)c1. The third-order valence-corrected chi connectivity index (χ3v) is 2.77. The lowest BCUT2D eigenvalue weighted by Crippen LogP contribution is -2.18. The van der Waals surface area contributed by atoms with E-state index < -0.39 is 0 Å². The van der Waals surface area contributed by atoms with Crippen molar-refractivity contribution in [3.63, 3.8) is 0 Å². The summed E-state index contributed by atoms with van der Waals surface area (Å²) in [5, 5.41) is 22.3. The molecule has 0 heterocycles. The van der Waals surface area contributed by atoms with Gasteiger partial charge in [-0.1, -0.05) is 18.2 Å². The molecule has 0 radical (unpaired) electrons. The summed E-state index contributed by atoms with van der Waals surface area (Å²) < 4.78 is 0. The number of carbonyl (C=O) groups is 1. The Balaban J connectivity index is 2.05. The smallest absolute Gasteiger partial charge is 0.271 e. The van der Waals surface area contributed by atoms with Crippen molar-refractivity contribution < 1.29 is 15.0 Å². The molecule has 5 nitrogen and oxygen atoms in total. The standard InChI is InChI=1S/C15H14N2O3/c1-10-4-2-3-5-12(10)15(20)17-16-9-11-6-7-13(18)14(19)8-11/h2-9,18-19H,1H3,(H,17,20)/b16-9-. The van der Waals surface area contributed by atoms with Gasteiger partial charge in [-0.3, -0.25) is 4.79 Å². The Hall–Kier alpha value is -2.82. The minimum absolute atomic E-state index is 0.203. The molecule has 0 saturated carbocycles. The maximum absolute atomic E-state index is 11.9. The van der Waals surface area contributed by atoms with Gasteiger partial charge in [-0.05, 0) is 42.3 Å². The van der Waals surface area contributed by atoms with Gasteiger partial charge in [0.25, 0.3) is 5.91 Å². The van der Waals surface area contributed by atoms with E-state index in [1.165, 1.54) is 18.3 Å². The largest absolute Gasteiger partial charge is 0.504 e. The third-order valence-electron chi connectivity index (χ3n) is 2.77. The number of nitrogens with one attached hydrogen (secondary N) is 1. The van der Waals surface area contributed by atoms with E-state index in [2.05, 4.69) is 10.5 Å². The highest BCUT2D eigenvalue weighted by Crippen LogP contribution is 2.23. The number of hydrogen-bond acceptors (Lipinski definition) is 4. The van der Waals surface area contributed by atoms with E-state index in [0.717, 1.165) is 5.56 Å². The molecule has 0 aliphatic heterocycles. The molecule has 5 heteroatoms. The molecule has 20 heavy (non-hydrogen) atoms. The summed E-state index contributed by atoms with van der Waals surface area (Å²) in [6, 6.07) is 11.5. The zero-order chi connectivity index (χ0) is 14.5. The molecule has 2 rings (SSSR count). The second kappa shape index (κ2) is 5.88. The van der Waals surface area contributed by atoms with Crippen LogP contribution in [0.3, 0.4) is 0 Å². The van der Waals surface area contributed by atoms with E-state index in [1.807, 2.05) is 19.1 Å². The van der Waals surface area contributed by atoms with E-state index in [9.17, 15) is 15.0 Å². The molecule has 1 amide bonds. The molecule has 0 spiro atoms. The van der Waals surface area contributed by atoms with Gasteiger partial charge in [-0.2, -0.15) is 5.10 Å². The predicted octanol–water partition coefficient (Wildman–Crippen LogP) is 2.17. The minimum Gasteiger partial charge on any atom is -0.504 e. The number of carbonyl (C=O) groups excluding carboxylic acids is 1. The zero-order valence-electron chi connectivity index (χ0n) is 10.9. The van der Waals surface area contributed by atoms with Crippen molar-refractivity contribution in [1.29, 1.82) is 0 Å². The number of nitrogens with zero attached hydrogens (tertiary/aromatic N) is 1. The van der Waals surface area contributed by atoms with Crippen LogP contribution in [-0.2, 0) is 0 Å². The average molecular weight is 270 g/mol. The minimum atomic E-state index is -0.303. The van der Waals surface area contributed by atoms with Crippen molar-refractivity contribution in [3.8, 4) is 11.5 Å². The first-order valence-corrected chi connectivity index (χ1v) is 5.99. The second-order valence-corrected chi connectivity index (χ2v) is 4.26. The summed E-state index contributed by atoms with van der Waals surface area (Å²) in [6.07, 6.45) is 1.38. The lowest BCUT2D eigenvalue weighted by molar-refractivity contribution is 0.0954. The maximum Gasteiger partial charge on any atom is 0.271 e. The Morgan fingerprint density at radius 2 is 1.90 bits per heavy atom. The summed E-state index contributed by atoms with van der Waals surface area (Å²) in [5.74, 6) is -0.743. The van der Waals surface area contributed by atoms with Gasteiger partial charge in [-0.25, -0.2) is 5.43 Å². The van der Waals surface area contributed by atoms with E-state index in [1.54, 1.807) is 18.2 Å². The molecule has 0 bridgehead atoms. The molecule has 0 aliphatic rings. The van der Waals surface area contributed by atoms with Crippen molar-refractivity contribution in [2.75, 3.05) is 0 Å². The Bertz CT molecular complexity index is 666. The van der Waals surface area contributed by atoms with Gasteiger partial charge < -0.3 is 10.2 Å². The number of benzene rings is 2. The first-order valence-electron chi connectivity index (χ1n) is 5.99. The van der Waals surface area contributed by atoms with Crippen molar-refractivity contribution in [1.82, 2.24) is 5.43 Å². The predicted molar refractivity (Wildman–Crippen MR) is 76.0 cm³/mol. The Kier molecular flexibility index (Phi) is 4.00. The van der Waals surface area contributed by atoms with Crippen LogP contribution in [0.4, 0.5) is 0 Å². The molecule has 0 fully saturated rings. The first kappa shape index (κ1) is 13.6. The number of amides is 1. The first-order chi connectivity index (χ1) is 9.58. The van der Waals surface area contributed by atoms with Crippen molar-refractivity contribution in [3.05, 3.63) is 59.2 Å². The van der Waals surface area contributed by atoms with Crippen LogP contribution in [0.2, 0.25) is 0 Å². The van der Waals surface area contributed by atoms with Gasteiger partial charge in [-0.15, -0.1) is 0 Å². The van der Waals surface area contributed by atoms with E-state index >= 15 is 0 Å². The fourth-order valence-electron chi connectivity index (χ4n) is 1.67. The van der Waals surface area contributed by atoms with Gasteiger partial charge >= 0.3 is 0 Å². The monoisotopic (exact) mass is 270 g/mol. The van der Waals surface area contributed by atoms with E-state index in [4.69, 9.17) is 0 Å². The molecule has 0 unspecified atom stereocenters. The quantitative estimate of drug-likeness (QED) is 0.454. The number of rotatable bonds is 3. The summed E-state index contributed by atoms with van der Waals surface area (Å²) in [6.45, 7) is 1.84. The lowest BCUT2D eigenvalue weighted by Gasteiger charge is -2.03. The normalized spacial score (nSPS) is 10.7. The fraction of sp³-hybridized carbons (Fsp3) is 0.0667. The van der Waals surface area contributed by atoms with Gasteiger partial charge in [0.15, 0.2) is 11.5 Å². The molecule has 0 saturated heterocycles. The average Bonchev–Trinajstić information content (AvgIpc) is 2.43. The molecular formula is C15H14N2O3. The summed E-state index contributed by atoms with van der Waals surface area (Å²) in [4.78, 5) is 11.9. The maximum atomic E-state index is 11.9. The number of aryl methyl sites for hydroxylation is 1. The van der Waals surface area contributed by atoms with Gasteiger partial charge in [0.05, 0.1) is 6.21 Å². The van der Waals surface area contributed by atoms with Gasteiger partial charge in [0.2, 0.25) is 0 Å². The molecule has 0 atom stereocenters. The lowest BCUT2D eigenvalue weighted by atomic mass is 10.1. The van der Waals surface area contributed by atoms with Crippen LogP contribution in [0.5, 0.6) is 11.5 Å². The molecule has 2 aromatic carbocycles. The van der Waals surface area contributed by atoms with E-state index in [0.29, 0.717) is 11.1 Å². The number of phenols is 2. The fourth-order valence-corrected chi connectivity index (χ4v) is 1.67. The summed E-state index contributed by atoms with van der Waals surface area (Å²) >= 11 is 0. The van der Waals surface area contributed by atoms with E-state index in [-0.39, 0.29) is 17.4 Å². The highest BCUT2D eigenvalue weighted by molar-refractivity contribution is 5.96. The highest BCUT2D eigenvalue weighted by Gasteiger charge is 2.06. The van der Waals surface area contributed by atoms with Crippen LogP contribution < -0.4 is 5.43 Å². The molecule has 0 aromatic heterocycles. The Morgan fingerprint density at radius 1 is 1.15 bits per heavy atom. The van der Waals surface area contributed by atoms with Crippen LogP contribution in [0.15, 0.2) is 47.6 Å². The topological polar surface area (TPSA) is 81.9 Å². The summed E-state index contributed by atoms with van der Waals surface area (Å²) in [5.41, 5.74) is 4.39. The van der Waals surface area contributed by atoms with Crippen molar-refractivity contribution in [2.24, 2.45) is 5.10 Å².